The molecule has 0 bridgehead atoms. The third-order valence-corrected chi connectivity index (χ3v) is 3.11. The van der Waals surface area contributed by atoms with Crippen LogP contribution in [0, 0.1) is 23.4 Å². The number of carbonyl (C=O) groups is 1. The monoisotopic (exact) mass is 292 g/mol. The van der Waals surface area contributed by atoms with Crippen LogP contribution in [0.25, 0.3) is 0 Å². The van der Waals surface area contributed by atoms with Gasteiger partial charge >= 0.3 is 0 Å². The Bertz CT molecular complexity index is 637. The molecule has 0 heterocycles. The van der Waals surface area contributed by atoms with Crippen molar-refractivity contribution in [3.8, 4) is 0 Å². The van der Waals surface area contributed by atoms with Crippen molar-refractivity contribution < 1.29 is 18.0 Å². The largest absolute Gasteiger partial charge is 0.289 e. The molecule has 0 saturated carbocycles. The van der Waals surface area contributed by atoms with Crippen LogP contribution in [0.5, 0.6) is 0 Å². The number of halogens is 3. The smallest absolute Gasteiger partial charge is 0.194 e. The van der Waals surface area contributed by atoms with Crippen LogP contribution in [0.3, 0.4) is 0 Å². The van der Waals surface area contributed by atoms with Crippen LogP contribution in [0.2, 0.25) is 0 Å². The summed E-state index contributed by atoms with van der Waals surface area (Å²) in [5, 5.41) is 0. The molecule has 4 heteroatoms. The number of hydrogen-bond donors (Lipinski definition) is 0. The predicted molar refractivity (Wildman–Crippen MR) is 74.7 cm³/mol. The van der Waals surface area contributed by atoms with Gasteiger partial charge in [0.2, 0.25) is 0 Å². The van der Waals surface area contributed by atoms with Gasteiger partial charge in [-0.15, -0.1) is 0 Å². The van der Waals surface area contributed by atoms with E-state index in [1.54, 1.807) is 12.1 Å². The maximum absolute atomic E-state index is 13.2. The van der Waals surface area contributed by atoms with Crippen LogP contribution >= 0.6 is 0 Å². The van der Waals surface area contributed by atoms with Crippen LogP contribution in [-0.2, 0) is 6.42 Å². The van der Waals surface area contributed by atoms with Gasteiger partial charge < -0.3 is 0 Å². The second-order valence-corrected chi connectivity index (χ2v) is 5.38. The predicted octanol–water partition coefficient (Wildman–Crippen LogP) is 4.53. The first-order valence-corrected chi connectivity index (χ1v) is 6.66. The van der Waals surface area contributed by atoms with Gasteiger partial charge in [0.1, 0.15) is 0 Å². The summed E-state index contributed by atoms with van der Waals surface area (Å²) in [6, 6.07) is 8.26. The molecule has 0 aliphatic carbocycles. The molecule has 2 aromatic rings. The molecule has 0 aliphatic rings. The molecule has 0 fully saturated rings. The second-order valence-electron chi connectivity index (χ2n) is 5.38. The minimum Gasteiger partial charge on any atom is -0.289 e. The highest BCUT2D eigenvalue weighted by atomic mass is 19.2. The highest BCUT2D eigenvalue weighted by Crippen LogP contribution is 2.18. The molecule has 0 amide bonds. The maximum atomic E-state index is 13.2. The molecule has 2 rings (SSSR count). The van der Waals surface area contributed by atoms with Crippen molar-refractivity contribution in [3.05, 3.63) is 70.5 Å². The van der Waals surface area contributed by atoms with Crippen molar-refractivity contribution in [2.75, 3.05) is 0 Å². The zero-order valence-electron chi connectivity index (χ0n) is 11.8. The Labute approximate surface area is 121 Å². The number of hydrogen-bond acceptors (Lipinski definition) is 1. The summed E-state index contributed by atoms with van der Waals surface area (Å²) in [6.45, 7) is 4.17. The van der Waals surface area contributed by atoms with E-state index in [4.69, 9.17) is 0 Å². The fourth-order valence-electron chi connectivity index (χ4n) is 2.12. The molecule has 0 unspecified atom stereocenters. The van der Waals surface area contributed by atoms with E-state index in [9.17, 15) is 18.0 Å². The van der Waals surface area contributed by atoms with Gasteiger partial charge in [-0.1, -0.05) is 38.1 Å². The molecule has 0 N–H and O–H groups in total. The average molecular weight is 292 g/mol. The van der Waals surface area contributed by atoms with E-state index in [1.165, 1.54) is 0 Å². The first-order chi connectivity index (χ1) is 9.88. The summed E-state index contributed by atoms with van der Waals surface area (Å²) >= 11 is 0. The fourth-order valence-corrected chi connectivity index (χ4v) is 2.12. The molecule has 110 valence electrons. The third kappa shape index (κ3) is 3.51. The molecule has 0 atom stereocenters. The Kier molecular flexibility index (Phi) is 4.46. The molecular formula is C17H15F3O. The quantitative estimate of drug-likeness (QED) is 0.597. The van der Waals surface area contributed by atoms with Crippen molar-refractivity contribution in [1.29, 1.82) is 0 Å². The normalized spacial score (nSPS) is 11.0. The number of benzene rings is 2. The van der Waals surface area contributed by atoms with E-state index in [0.717, 1.165) is 12.0 Å². The summed E-state index contributed by atoms with van der Waals surface area (Å²) < 4.78 is 39.2. The molecule has 0 aliphatic heterocycles. The number of ketones is 1. The topological polar surface area (TPSA) is 17.1 Å². The van der Waals surface area contributed by atoms with Gasteiger partial charge in [-0.05, 0) is 30.0 Å². The van der Waals surface area contributed by atoms with Crippen LogP contribution in [0.4, 0.5) is 13.2 Å². The number of rotatable bonds is 4. The second kappa shape index (κ2) is 6.12. The SMILES string of the molecule is CC(C)Cc1ccc(C(=O)c2cc(F)c(F)c(F)c2)cc1. The lowest BCUT2D eigenvalue weighted by atomic mass is 9.98. The van der Waals surface area contributed by atoms with Crippen molar-refractivity contribution in [3.63, 3.8) is 0 Å². The van der Waals surface area contributed by atoms with Gasteiger partial charge in [-0.2, -0.15) is 0 Å². The molecule has 1 nitrogen and oxygen atoms in total. The Morgan fingerprint density at radius 2 is 1.48 bits per heavy atom. The lowest BCUT2D eigenvalue weighted by molar-refractivity contribution is 0.103. The summed E-state index contributed by atoms with van der Waals surface area (Å²) in [4.78, 5) is 12.1. The van der Waals surface area contributed by atoms with Gasteiger partial charge in [-0.25, -0.2) is 13.2 Å². The molecule has 0 aromatic heterocycles. The third-order valence-electron chi connectivity index (χ3n) is 3.11. The van der Waals surface area contributed by atoms with Crippen LogP contribution in [-0.4, -0.2) is 5.78 Å². The Hall–Kier alpha value is -2.10. The Morgan fingerprint density at radius 3 is 1.95 bits per heavy atom. The highest BCUT2D eigenvalue weighted by Gasteiger charge is 2.16. The van der Waals surface area contributed by atoms with Crippen molar-refractivity contribution in [2.24, 2.45) is 5.92 Å². The molecular weight excluding hydrogens is 277 g/mol. The minimum atomic E-state index is -1.57. The van der Waals surface area contributed by atoms with E-state index < -0.39 is 23.2 Å². The van der Waals surface area contributed by atoms with E-state index in [0.29, 0.717) is 23.6 Å². The first kappa shape index (κ1) is 15.3. The fraction of sp³-hybridized carbons (Fsp3) is 0.235. The summed E-state index contributed by atoms with van der Waals surface area (Å²) in [6.07, 6.45) is 0.883. The van der Waals surface area contributed by atoms with Crippen LogP contribution in [0.15, 0.2) is 36.4 Å². The molecule has 2 aromatic carbocycles. The van der Waals surface area contributed by atoms with Gasteiger partial charge in [0.25, 0.3) is 0 Å². The first-order valence-electron chi connectivity index (χ1n) is 6.66. The highest BCUT2D eigenvalue weighted by molar-refractivity contribution is 6.09. The number of carbonyl (C=O) groups excluding carboxylic acids is 1. The average Bonchev–Trinajstić information content (AvgIpc) is 2.43. The van der Waals surface area contributed by atoms with Crippen molar-refractivity contribution in [2.45, 2.75) is 20.3 Å². The minimum absolute atomic E-state index is 0.206. The van der Waals surface area contributed by atoms with Crippen LogP contribution < -0.4 is 0 Å². The molecule has 0 spiro atoms. The lowest BCUT2D eigenvalue weighted by Crippen LogP contribution is -2.05. The lowest BCUT2D eigenvalue weighted by Gasteiger charge is -2.07. The molecule has 0 saturated heterocycles. The summed E-state index contributed by atoms with van der Waals surface area (Å²) in [7, 11) is 0. The molecule has 0 radical (unpaired) electrons. The van der Waals surface area contributed by atoms with E-state index in [1.807, 2.05) is 12.1 Å². The van der Waals surface area contributed by atoms with Gasteiger partial charge in [0, 0.05) is 11.1 Å². The molecule has 21 heavy (non-hydrogen) atoms. The summed E-state index contributed by atoms with van der Waals surface area (Å²) in [5.41, 5.74) is 1.19. The maximum Gasteiger partial charge on any atom is 0.194 e. The van der Waals surface area contributed by atoms with E-state index in [-0.39, 0.29) is 5.56 Å². The van der Waals surface area contributed by atoms with Gasteiger partial charge in [0.15, 0.2) is 23.2 Å². The standard InChI is InChI=1S/C17H15F3O/c1-10(2)7-11-3-5-12(6-4-11)17(21)13-8-14(18)16(20)15(19)9-13/h3-6,8-10H,7H2,1-2H3. The van der Waals surface area contributed by atoms with E-state index in [2.05, 4.69) is 13.8 Å². The Morgan fingerprint density at radius 1 is 0.952 bits per heavy atom. The van der Waals surface area contributed by atoms with Crippen molar-refractivity contribution >= 4 is 5.78 Å². The van der Waals surface area contributed by atoms with Gasteiger partial charge in [0.05, 0.1) is 0 Å². The zero-order chi connectivity index (χ0) is 15.6. The van der Waals surface area contributed by atoms with Crippen molar-refractivity contribution in [1.82, 2.24) is 0 Å². The summed E-state index contributed by atoms with van der Waals surface area (Å²) in [5.74, 6) is -4.35. The Balaban J connectivity index is 2.28. The van der Waals surface area contributed by atoms with E-state index >= 15 is 0 Å². The van der Waals surface area contributed by atoms with Gasteiger partial charge in [-0.3, -0.25) is 4.79 Å². The zero-order valence-corrected chi connectivity index (χ0v) is 11.8. The van der Waals surface area contributed by atoms with Crippen LogP contribution in [0.1, 0.15) is 35.3 Å².